The number of anilines is 1. The third-order valence-electron chi connectivity index (χ3n) is 7.18. The Labute approximate surface area is 231 Å². The van der Waals surface area contributed by atoms with Crippen molar-refractivity contribution in [2.24, 2.45) is 0 Å². The van der Waals surface area contributed by atoms with Crippen molar-refractivity contribution in [1.29, 1.82) is 0 Å². The summed E-state index contributed by atoms with van der Waals surface area (Å²) < 4.78 is 66.2. The van der Waals surface area contributed by atoms with Gasteiger partial charge in [0, 0.05) is 38.1 Å². The zero-order chi connectivity index (χ0) is 28.3. The molecule has 0 aliphatic carbocycles. The monoisotopic (exact) mass is 569 g/mol. The molecule has 1 aliphatic heterocycles. The van der Waals surface area contributed by atoms with Gasteiger partial charge in [-0.1, -0.05) is 42.5 Å². The van der Waals surface area contributed by atoms with E-state index in [0.29, 0.717) is 25.5 Å². The number of piperazine rings is 1. The summed E-state index contributed by atoms with van der Waals surface area (Å²) in [5, 5.41) is 4.39. The van der Waals surface area contributed by atoms with Gasteiger partial charge in [0.25, 0.3) is 0 Å². The van der Waals surface area contributed by atoms with Gasteiger partial charge in [-0.2, -0.15) is 17.5 Å². The number of nitrogens with one attached hydrogen (secondary N) is 1. The second kappa shape index (κ2) is 11.5. The Morgan fingerprint density at radius 2 is 1.52 bits per heavy atom. The Kier molecular flexibility index (Phi) is 8.07. The summed E-state index contributed by atoms with van der Waals surface area (Å²) in [5.41, 5.74) is 1.17. The zero-order valence-corrected chi connectivity index (χ0v) is 22.8. The molecule has 0 amide bonds. The first-order valence-electron chi connectivity index (χ1n) is 13.1. The minimum Gasteiger partial charge on any atom is -0.369 e. The molecule has 5 rings (SSSR count). The van der Waals surface area contributed by atoms with Gasteiger partial charge in [-0.3, -0.25) is 4.90 Å². The first-order chi connectivity index (χ1) is 19.1. The fourth-order valence-electron chi connectivity index (χ4n) is 4.85. The number of para-hydroxylation sites is 1. The van der Waals surface area contributed by atoms with E-state index in [2.05, 4.69) is 22.3 Å². The van der Waals surface area contributed by atoms with Crippen LogP contribution in [0.5, 0.6) is 0 Å². The molecule has 0 unspecified atom stereocenters. The lowest BCUT2D eigenvalue weighted by atomic mass is 10.1. The van der Waals surface area contributed by atoms with Crippen molar-refractivity contribution in [1.82, 2.24) is 19.2 Å². The van der Waals surface area contributed by atoms with Gasteiger partial charge < -0.3 is 5.32 Å². The van der Waals surface area contributed by atoms with Gasteiger partial charge in [0.1, 0.15) is 11.6 Å². The molecule has 210 valence electrons. The number of halogens is 3. The van der Waals surface area contributed by atoms with Gasteiger partial charge >= 0.3 is 6.18 Å². The van der Waals surface area contributed by atoms with Crippen LogP contribution in [0.1, 0.15) is 29.9 Å². The lowest BCUT2D eigenvalue weighted by molar-refractivity contribution is -0.137. The Bertz CT molecular complexity index is 1560. The molecule has 11 heteroatoms. The summed E-state index contributed by atoms with van der Waals surface area (Å²) in [6.07, 6.45) is -3.68. The molecule has 0 radical (unpaired) electrons. The highest BCUT2D eigenvalue weighted by Crippen LogP contribution is 2.31. The molecule has 1 N–H and O–H groups in total. The molecule has 1 atom stereocenters. The first kappa shape index (κ1) is 28.0. The lowest BCUT2D eigenvalue weighted by Gasteiger charge is -2.37. The molecule has 0 bridgehead atoms. The summed E-state index contributed by atoms with van der Waals surface area (Å²) in [6.45, 7) is 4.01. The Balaban J connectivity index is 1.27. The van der Waals surface area contributed by atoms with Crippen LogP contribution in [-0.4, -0.2) is 60.3 Å². The molecule has 4 aromatic rings. The third-order valence-corrected chi connectivity index (χ3v) is 9.10. The van der Waals surface area contributed by atoms with Crippen LogP contribution in [-0.2, 0) is 22.6 Å². The number of hydrogen-bond acceptors (Lipinski definition) is 6. The van der Waals surface area contributed by atoms with E-state index in [0.717, 1.165) is 47.4 Å². The summed E-state index contributed by atoms with van der Waals surface area (Å²) in [7, 11) is -3.91. The Hall–Kier alpha value is -3.54. The Morgan fingerprint density at radius 1 is 0.875 bits per heavy atom. The molecule has 1 aliphatic rings. The molecule has 0 saturated carbocycles. The minimum atomic E-state index is -4.52. The molecule has 7 nitrogen and oxygen atoms in total. The highest BCUT2D eigenvalue weighted by molar-refractivity contribution is 7.89. The Morgan fingerprint density at radius 3 is 2.20 bits per heavy atom. The molecule has 40 heavy (non-hydrogen) atoms. The summed E-state index contributed by atoms with van der Waals surface area (Å²) in [5.74, 6) is 1.40. The average molecular weight is 570 g/mol. The van der Waals surface area contributed by atoms with E-state index in [9.17, 15) is 21.6 Å². The molecule has 1 fully saturated rings. The SMILES string of the molecule is C[C@@H](c1nc(NCCc2ccccc2)c2ccccc2n1)N1CCN(S(=O)(=O)c2ccc(C(F)(F)F)cc2)CC1. The lowest BCUT2D eigenvalue weighted by Crippen LogP contribution is -2.49. The minimum absolute atomic E-state index is 0.147. The van der Waals surface area contributed by atoms with Crippen molar-refractivity contribution in [2.45, 2.75) is 30.5 Å². The summed E-state index contributed by atoms with van der Waals surface area (Å²) in [4.78, 5) is 11.6. The molecule has 1 aromatic heterocycles. The number of sulfonamides is 1. The smallest absolute Gasteiger partial charge is 0.369 e. The first-order valence-corrected chi connectivity index (χ1v) is 14.5. The quantitative estimate of drug-likeness (QED) is 0.308. The number of nitrogens with zero attached hydrogens (tertiary/aromatic N) is 4. The largest absolute Gasteiger partial charge is 0.416 e. The maximum atomic E-state index is 13.1. The normalized spacial score (nSPS) is 16.2. The topological polar surface area (TPSA) is 78.4 Å². The van der Waals surface area contributed by atoms with Gasteiger partial charge in [-0.15, -0.1) is 0 Å². The average Bonchev–Trinajstić information content (AvgIpc) is 2.97. The van der Waals surface area contributed by atoms with Crippen LogP contribution in [0.2, 0.25) is 0 Å². The van der Waals surface area contributed by atoms with Crippen LogP contribution in [0.15, 0.2) is 83.8 Å². The second-order valence-electron chi connectivity index (χ2n) is 9.75. The van der Waals surface area contributed by atoms with Gasteiger partial charge in [-0.25, -0.2) is 18.4 Å². The zero-order valence-electron chi connectivity index (χ0n) is 22.0. The highest BCUT2D eigenvalue weighted by atomic mass is 32.2. The number of alkyl halides is 3. The predicted octanol–water partition coefficient (Wildman–Crippen LogP) is 5.37. The highest BCUT2D eigenvalue weighted by Gasteiger charge is 2.33. The van der Waals surface area contributed by atoms with Crippen molar-refractivity contribution in [2.75, 3.05) is 38.0 Å². The number of hydrogen-bond donors (Lipinski definition) is 1. The van der Waals surface area contributed by atoms with Crippen LogP contribution in [0.25, 0.3) is 10.9 Å². The van der Waals surface area contributed by atoms with Crippen LogP contribution in [0.4, 0.5) is 19.0 Å². The van der Waals surface area contributed by atoms with E-state index in [1.54, 1.807) is 0 Å². The van der Waals surface area contributed by atoms with Gasteiger partial charge in [0.05, 0.1) is 22.0 Å². The number of rotatable bonds is 8. The van der Waals surface area contributed by atoms with E-state index in [1.807, 2.05) is 49.4 Å². The standard InChI is InChI=1S/C29H30F3N5O2S/c1-21(36-17-19-37(20-18-36)40(38,39)24-13-11-23(12-14-24)29(30,31)32)27-34-26-10-6-5-9-25(26)28(35-27)33-16-15-22-7-3-2-4-8-22/h2-14,21H,15-20H2,1H3,(H,33,34,35)/t21-/m0/s1. The number of aromatic nitrogens is 2. The van der Waals surface area contributed by atoms with Crippen molar-refractivity contribution < 1.29 is 21.6 Å². The summed E-state index contributed by atoms with van der Waals surface area (Å²) >= 11 is 0. The van der Waals surface area contributed by atoms with E-state index in [-0.39, 0.29) is 24.0 Å². The van der Waals surface area contributed by atoms with E-state index < -0.39 is 21.8 Å². The predicted molar refractivity (Wildman–Crippen MR) is 148 cm³/mol. The maximum Gasteiger partial charge on any atom is 0.416 e. The summed E-state index contributed by atoms with van der Waals surface area (Å²) in [6, 6.07) is 21.5. The van der Waals surface area contributed by atoms with Crippen molar-refractivity contribution >= 4 is 26.7 Å². The van der Waals surface area contributed by atoms with Crippen LogP contribution < -0.4 is 5.32 Å². The number of benzene rings is 3. The van der Waals surface area contributed by atoms with Crippen LogP contribution >= 0.6 is 0 Å². The molecule has 2 heterocycles. The van der Waals surface area contributed by atoms with E-state index in [4.69, 9.17) is 9.97 Å². The fraction of sp³-hybridized carbons (Fsp3) is 0.310. The molecule has 0 spiro atoms. The van der Waals surface area contributed by atoms with Gasteiger partial charge in [0.2, 0.25) is 10.0 Å². The third kappa shape index (κ3) is 6.11. The van der Waals surface area contributed by atoms with E-state index >= 15 is 0 Å². The van der Waals surface area contributed by atoms with Crippen molar-refractivity contribution in [3.63, 3.8) is 0 Å². The van der Waals surface area contributed by atoms with Gasteiger partial charge in [-0.05, 0) is 55.3 Å². The second-order valence-corrected chi connectivity index (χ2v) is 11.7. The molecule has 3 aromatic carbocycles. The maximum absolute atomic E-state index is 13.1. The van der Waals surface area contributed by atoms with Crippen LogP contribution in [0.3, 0.4) is 0 Å². The van der Waals surface area contributed by atoms with Crippen LogP contribution in [0, 0.1) is 0 Å². The molecule has 1 saturated heterocycles. The molecular weight excluding hydrogens is 539 g/mol. The number of fused-ring (bicyclic) bond motifs is 1. The molecular formula is C29H30F3N5O2S. The van der Waals surface area contributed by atoms with Crippen molar-refractivity contribution in [3.8, 4) is 0 Å². The van der Waals surface area contributed by atoms with E-state index in [1.165, 1.54) is 9.87 Å². The fourth-order valence-corrected chi connectivity index (χ4v) is 6.27. The van der Waals surface area contributed by atoms with Gasteiger partial charge in [0.15, 0.2) is 0 Å². The van der Waals surface area contributed by atoms with Crippen molar-refractivity contribution in [3.05, 3.63) is 95.8 Å².